The van der Waals surface area contributed by atoms with Gasteiger partial charge in [0.25, 0.3) is 0 Å². The van der Waals surface area contributed by atoms with Crippen molar-refractivity contribution in [2.45, 2.75) is 91.1 Å². The van der Waals surface area contributed by atoms with Gasteiger partial charge in [-0.2, -0.15) is 0 Å². The maximum Gasteiger partial charge on any atom is 0.0178 e. The van der Waals surface area contributed by atoms with E-state index in [4.69, 9.17) is 0 Å². The molecule has 0 spiro atoms. The second kappa shape index (κ2) is 10.9. The summed E-state index contributed by atoms with van der Waals surface area (Å²) >= 11 is 0. The summed E-state index contributed by atoms with van der Waals surface area (Å²) in [4.78, 5) is 12.4. The second-order valence-electron chi connectivity index (χ2n) is 6.02. The van der Waals surface area contributed by atoms with Gasteiger partial charge < -0.3 is 9.46 Å². The van der Waals surface area contributed by atoms with Gasteiger partial charge in [-0.3, -0.25) is 0 Å². The Hall–Kier alpha value is 0.190. The van der Waals surface area contributed by atoms with Gasteiger partial charge in [0.2, 0.25) is 0 Å². The monoisotopic (exact) mass is 289 g/mol. The summed E-state index contributed by atoms with van der Waals surface area (Å²) in [5.74, 6) is 0.376. The summed E-state index contributed by atoms with van der Waals surface area (Å²) in [6, 6.07) is 0. The highest BCUT2D eigenvalue weighted by Crippen LogP contribution is 2.46. The largest absolute Gasteiger partial charge is 0.799 e. The van der Waals surface area contributed by atoms with Gasteiger partial charge in [0, 0.05) is 7.37 Å². The molecule has 0 aliphatic carbocycles. The third-order valence-corrected chi connectivity index (χ3v) is 6.83. The van der Waals surface area contributed by atoms with Crippen LogP contribution in [0, 0.1) is 5.92 Å². The van der Waals surface area contributed by atoms with Crippen molar-refractivity contribution >= 4 is 7.37 Å². The number of hydrogen-bond acceptors (Lipinski definition) is 2. The molecule has 2 nitrogen and oxygen atoms in total. The molecule has 0 fully saturated rings. The highest BCUT2D eigenvalue weighted by atomic mass is 31.2. The van der Waals surface area contributed by atoms with Gasteiger partial charge in [-0.25, -0.2) is 0 Å². The molecule has 19 heavy (non-hydrogen) atoms. The molecule has 0 aromatic rings. The Morgan fingerprint density at radius 3 is 2.11 bits per heavy atom. The van der Waals surface area contributed by atoms with Crippen LogP contribution in [0.4, 0.5) is 0 Å². The molecule has 0 rings (SSSR count). The summed E-state index contributed by atoms with van der Waals surface area (Å²) in [5, 5.41) is 0. The van der Waals surface area contributed by atoms with Crippen molar-refractivity contribution in [3.63, 3.8) is 0 Å². The Morgan fingerprint density at radius 2 is 1.58 bits per heavy atom. The van der Waals surface area contributed by atoms with E-state index in [1.54, 1.807) is 0 Å². The fourth-order valence-corrected chi connectivity index (χ4v) is 4.62. The third kappa shape index (κ3) is 8.87. The molecule has 3 heteroatoms. The van der Waals surface area contributed by atoms with Crippen molar-refractivity contribution in [2.75, 3.05) is 6.16 Å². The van der Waals surface area contributed by atoms with Crippen LogP contribution in [0.5, 0.6) is 0 Å². The van der Waals surface area contributed by atoms with Crippen molar-refractivity contribution < 1.29 is 9.46 Å². The van der Waals surface area contributed by atoms with Gasteiger partial charge in [-0.15, -0.1) is 0 Å². The zero-order valence-electron chi connectivity index (χ0n) is 13.5. The van der Waals surface area contributed by atoms with Crippen molar-refractivity contribution in [1.29, 1.82) is 0 Å². The Kier molecular flexibility index (Phi) is 11.0. The normalized spacial score (nSPS) is 17.9. The van der Waals surface area contributed by atoms with E-state index in [1.807, 2.05) is 6.92 Å². The molecule has 0 amide bonds. The molecule has 0 heterocycles. The Bertz CT molecular complexity index is 253. The predicted molar refractivity (Wildman–Crippen MR) is 84.0 cm³/mol. The van der Waals surface area contributed by atoms with E-state index in [9.17, 15) is 9.46 Å². The lowest BCUT2D eigenvalue weighted by Gasteiger charge is -2.33. The van der Waals surface area contributed by atoms with Crippen LogP contribution in [-0.4, -0.2) is 11.8 Å². The van der Waals surface area contributed by atoms with Gasteiger partial charge in [0.1, 0.15) is 0 Å². The van der Waals surface area contributed by atoms with Crippen molar-refractivity contribution in [1.82, 2.24) is 0 Å². The van der Waals surface area contributed by atoms with Crippen LogP contribution >= 0.6 is 7.37 Å². The Morgan fingerprint density at radius 1 is 0.947 bits per heavy atom. The molecule has 3 atom stereocenters. The van der Waals surface area contributed by atoms with Gasteiger partial charge in [0.15, 0.2) is 0 Å². The lowest BCUT2D eigenvalue weighted by atomic mass is 10.0. The van der Waals surface area contributed by atoms with Crippen molar-refractivity contribution in [2.24, 2.45) is 5.92 Å². The minimum absolute atomic E-state index is 0.125. The predicted octanol–water partition coefficient (Wildman–Crippen LogP) is 5.20. The van der Waals surface area contributed by atoms with Gasteiger partial charge in [-0.1, -0.05) is 79.1 Å². The van der Waals surface area contributed by atoms with Crippen LogP contribution in [0.1, 0.15) is 85.5 Å². The molecule has 0 N–H and O–H groups in total. The minimum Gasteiger partial charge on any atom is -0.799 e. The van der Waals surface area contributed by atoms with Gasteiger partial charge in [-0.05, 0) is 24.2 Å². The minimum atomic E-state index is -3.20. The van der Waals surface area contributed by atoms with E-state index in [2.05, 4.69) is 20.8 Å². The third-order valence-electron chi connectivity index (χ3n) is 4.20. The van der Waals surface area contributed by atoms with E-state index < -0.39 is 7.37 Å². The van der Waals surface area contributed by atoms with Crippen LogP contribution in [-0.2, 0) is 4.57 Å². The first-order valence-corrected chi connectivity index (χ1v) is 10.2. The van der Waals surface area contributed by atoms with E-state index >= 15 is 0 Å². The summed E-state index contributed by atoms with van der Waals surface area (Å²) in [7, 11) is -3.20. The van der Waals surface area contributed by atoms with E-state index in [-0.39, 0.29) is 5.66 Å². The molecule has 0 saturated heterocycles. The molecule has 3 unspecified atom stereocenters. The summed E-state index contributed by atoms with van der Waals surface area (Å²) in [6.45, 7) is 8.37. The fourth-order valence-electron chi connectivity index (χ4n) is 2.52. The molecular weight excluding hydrogens is 255 g/mol. The molecular formula is C16H34O2P-. The molecule has 116 valence electrons. The average molecular weight is 289 g/mol. The molecule has 0 radical (unpaired) electrons. The molecule has 0 aromatic carbocycles. The summed E-state index contributed by atoms with van der Waals surface area (Å²) < 4.78 is 12.4. The van der Waals surface area contributed by atoms with Crippen molar-refractivity contribution in [3.8, 4) is 0 Å². The molecule has 0 bridgehead atoms. The lowest BCUT2D eigenvalue weighted by Crippen LogP contribution is -2.21. The van der Waals surface area contributed by atoms with Crippen LogP contribution in [0.3, 0.4) is 0 Å². The topological polar surface area (TPSA) is 40.1 Å². The fraction of sp³-hybridized carbons (Fsp3) is 1.00. The van der Waals surface area contributed by atoms with Crippen LogP contribution < -0.4 is 4.89 Å². The quantitative estimate of drug-likeness (QED) is 0.366. The molecule has 0 aromatic heterocycles. The summed E-state index contributed by atoms with van der Waals surface area (Å²) in [5.41, 5.74) is -0.125. The number of hydrogen-bond donors (Lipinski definition) is 0. The lowest BCUT2D eigenvalue weighted by molar-refractivity contribution is -0.178. The maximum absolute atomic E-state index is 12.4. The first kappa shape index (κ1) is 19.2. The molecule has 0 aliphatic heterocycles. The first-order chi connectivity index (χ1) is 8.97. The Balaban J connectivity index is 4.14. The first-order valence-electron chi connectivity index (χ1n) is 8.27. The maximum atomic E-state index is 12.4. The second-order valence-corrected chi connectivity index (χ2v) is 8.72. The van der Waals surface area contributed by atoms with Gasteiger partial charge in [0.05, 0.1) is 0 Å². The Labute approximate surface area is 120 Å². The van der Waals surface area contributed by atoms with Crippen LogP contribution in [0.15, 0.2) is 0 Å². The standard InChI is InChI=1S/C16H35O2P/c1-5-8-10-11-12-15(4)19(17,18)14-16(7-3)13-9-6-2/h15-16H,5-14H2,1-4H3,(H,17,18)/p-1. The summed E-state index contributed by atoms with van der Waals surface area (Å²) in [6.07, 6.45) is 10.3. The van der Waals surface area contributed by atoms with Crippen molar-refractivity contribution in [3.05, 3.63) is 0 Å². The zero-order chi connectivity index (χ0) is 14.7. The SMILES string of the molecule is CCCCCCC(C)P(=O)([O-])CC(CC)CCCC. The van der Waals surface area contributed by atoms with Gasteiger partial charge >= 0.3 is 0 Å². The number of rotatable bonds is 12. The molecule has 0 aliphatic rings. The highest BCUT2D eigenvalue weighted by molar-refractivity contribution is 7.57. The highest BCUT2D eigenvalue weighted by Gasteiger charge is 2.21. The van der Waals surface area contributed by atoms with Crippen LogP contribution in [0.2, 0.25) is 0 Å². The van der Waals surface area contributed by atoms with Crippen LogP contribution in [0.25, 0.3) is 0 Å². The van der Waals surface area contributed by atoms with E-state index in [1.165, 1.54) is 19.3 Å². The van der Waals surface area contributed by atoms with E-state index in [0.717, 1.165) is 38.5 Å². The smallest absolute Gasteiger partial charge is 0.0178 e. The van der Waals surface area contributed by atoms with E-state index in [0.29, 0.717) is 12.1 Å². The molecule has 0 saturated carbocycles. The number of unbranched alkanes of at least 4 members (excludes halogenated alkanes) is 4. The average Bonchev–Trinajstić information content (AvgIpc) is 2.39. The zero-order valence-corrected chi connectivity index (χ0v) is 14.4.